The summed E-state index contributed by atoms with van der Waals surface area (Å²) in [6, 6.07) is 0. The number of esters is 1. The summed E-state index contributed by atoms with van der Waals surface area (Å²) in [5.74, 6) is 2.21. The molecule has 2 nitrogen and oxygen atoms in total. The maximum Gasteiger partial charge on any atom is 0.309 e. The quantitative estimate of drug-likeness (QED) is 0.704. The van der Waals surface area contributed by atoms with E-state index in [2.05, 4.69) is 20.8 Å². The average molecular weight is 252 g/mol. The number of hydrogen-bond donors (Lipinski definition) is 0. The van der Waals surface area contributed by atoms with Gasteiger partial charge in [-0.15, -0.1) is 0 Å². The predicted molar refractivity (Wildman–Crippen MR) is 73.2 cm³/mol. The van der Waals surface area contributed by atoms with Crippen molar-refractivity contribution in [2.75, 3.05) is 0 Å². The maximum absolute atomic E-state index is 12.2. The molecule has 0 aromatic heterocycles. The molecule has 2 heteroatoms. The van der Waals surface area contributed by atoms with Crippen molar-refractivity contribution in [2.24, 2.45) is 23.7 Å². The van der Waals surface area contributed by atoms with Crippen LogP contribution in [0.3, 0.4) is 0 Å². The Labute approximate surface area is 111 Å². The zero-order chi connectivity index (χ0) is 13.1. The molecule has 0 aliphatic heterocycles. The number of hydrogen-bond acceptors (Lipinski definition) is 2. The van der Waals surface area contributed by atoms with Crippen LogP contribution >= 0.6 is 0 Å². The van der Waals surface area contributed by atoms with Gasteiger partial charge in [0.25, 0.3) is 0 Å². The van der Waals surface area contributed by atoms with E-state index in [0.717, 1.165) is 19.3 Å². The minimum atomic E-state index is 0.0947. The highest BCUT2D eigenvalue weighted by Gasteiger charge is 2.35. The molecule has 2 aliphatic rings. The Balaban J connectivity index is 1.93. The van der Waals surface area contributed by atoms with Gasteiger partial charge in [0.15, 0.2) is 0 Å². The normalized spacial score (nSPS) is 33.9. The number of carbonyl (C=O) groups is 1. The summed E-state index contributed by atoms with van der Waals surface area (Å²) in [6.45, 7) is 6.81. The molecule has 0 bridgehead atoms. The minimum Gasteiger partial charge on any atom is -0.462 e. The van der Waals surface area contributed by atoms with Gasteiger partial charge in [0.2, 0.25) is 0 Å². The molecule has 0 heterocycles. The second-order valence-electron chi connectivity index (χ2n) is 6.78. The Kier molecular flexibility index (Phi) is 4.69. The first-order valence-corrected chi connectivity index (χ1v) is 7.78. The standard InChI is InChI=1S/C16H28O2/c1-11(2)14-9-8-12(3)10-15(14)18-16(17)13-6-4-5-7-13/h11-15H,4-10H2,1-3H3. The Morgan fingerprint density at radius 2 is 1.78 bits per heavy atom. The van der Waals surface area contributed by atoms with Crippen LogP contribution in [0.4, 0.5) is 0 Å². The van der Waals surface area contributed by atoms with E-state index < -0.39 is 0 Å². The van der Waals surface area contributed by atoms with Crippen molar-refractivity contribution in [1.82, 2.24) is 0 Å². The second kappa shape index (κ2) is 6.08. The highest BCUT2D eigenvalue weighted by atomic mass is 16.5. The van der Waals surface area contributed by atoms with Gasteiger partial charge in [-0.3, -0.25) is 4.79 Å². The van der Waals surface area contributed by atoms with Gasteiger partial charge < -0.3 is 4.74 Å². The van der Waals surface area contributed by atoms with Crippen molar-refractivity contribution in [3.63, 3.8) is 0 Å². The van der Waals surface area contributed by atoms with E-state index in [4.69, 9.17) is 4.74 Å². The van der Waals surface area contributed by atoms with Crippen LogP contribution in [0.2, 0.25) is 0 Å². The summed E-state index contributed by atoms with van der Waals surface area (Å²) in [7, 11) is 0. The molecule has 2 saturated carbocycles. The monoisotopic (exact) mass is 252 g/mol. The minimum absolute atomic E-state index is 0.0947. The van der Waals surface area contributed by atoms with Crippen LogP contribution in [0.15, 0.2) is 0 Å². The van der Waals surface area contributed by atoms with Crippen molar-refractivity contribution in [3.8, 4) is 0 Å². The highest BCUT2D eigenvalue weighted by molar-refractivity contribution is 5.72. The lowest BCUT2D eigenvalue weighted by molar-refractivity contribution is -0.160. The summed E-state index contributed by atoms with van der Waals surface area (Å²) in [5, 5.41) is 0. The predicted octanol–water partition coefficient (Wildman–Crippen LogP) is 4.18. The van der Waals surface area contributed by atoms with Crippen LogP contribution in [0.5, 0.6) is 0 Å². The van der Waals surface area contributed by atoms with Crippen LogP contribution in [-0.4, -0.2) is 12.1 Å². The van der Waals surface area contributed by atoms with Crippen molar-refractivity contribution in [2.45, 2.75) is 71.8 Å². The molecule has 0 saturated heterocycles. The van der Waals surface area contributed by atoms with Crippen LogP contribution in [0, 0.1) is 23.7 Å². The van der Waals surface area contributed by atoms with Gasteiger partial charge in [-0.05, 0) is 43.4 Å². The maximum atomic E-state index is 12.2. The summed E-state index contributed by atoms with van der Waals surface area (Å²) in [6.07, 6.45) is 8.27. The summed E-state index contributed by atoms with van der Waals surface area (Å²) in [4.78, 5) is 12.2. The Bertz CT molecular complexity index is 279. The SMILES string of the molecule is CC1CCC(C(C)C)C(OC(=O)C2CCCC2)C1. The molecule has 104 valence electrons. The van der Waals surface area contributed by atoms with Gasteiger partial charge >= 0.3 is 5.97 Å². The average Bonchev–Trinajstić information content (AvgIpc) is 2.81. The van der Waals surface area contributed by atoms with E-state index in [0.29, 0.717) is 17.8 Å². The van der Waals surface area contributed by atoms with Crippen LogP contribution in [0.25, 0.3) is 0 Å². The third-order valence-electron chi connectivity index (χ3n) is 4.92. The van der Waals surface area contributed by atoms with Crippen molar-refractivity contribution < 1.29 is 9.53 Å². The molecule has 2 aliphatic carbocycles. The lowest BCUT2D eigenvalue weighted by Crippen LogP contribution is -2.37. The fourth-order valence-electron chi connectivity index (χ4n) is 3.66. The number of carbonyl (C=O) groups excluding carboxylic acids is 1. The van der Waals surface area contributed by atoms with Crippen molar-refractivity contribution >= 4 is 5.97 Å². The van der Waals surface area contributed by atoms with Gasteiger partial charge in [0, 0.05) is 0 Å². The van der Waals surface area contributed by atoms with E-state index in [1.165, 1.54) is 25.7 Å². The van der Waals surface area contributed by atoms with Crippen LogP contribution in [0.1, 0.15) is 65.7 Å². The fraction of sp³-hybridized carbons (Fsp3) is 0.938. The molecule has 18 heavy (non-hydrogen) atoms. The van der Waals surface area contributed by atoms with E-state index >= 15 is 0 Å². The molecule has 0 N–H and O–H groups in total. The molecule has 0 aromatic carbocycles. The smallest absolute Gasteiger partial charge is 0.309 e. The number of ether oxygens (including phenoxy) is 1. The molecule has 3 unspecified atom stereocenters. The largest absolute Gasteiger partial charge is 0.462 e. The molecular formula is C16H28O2. The lowest BCUT2D eigenvalue weighted by Gasteiger charge is -2.37. The first-order chi connectivity index (χ1) is 8.58. The first-order valence-electron chi connectivity index (χ1n) is 7.78. The highest BCUT2D eigenvalue weighted by Crippen LogP contribution is 2.36. The zero-order valence-electron chi connectivity index (χ0n) is 12.2. The Hall–Kier alpha value is -0.530. The van der Waals surface area contributed by atoms with E-state index in [9.17, 15) is 4.79 Å². The molecular weight excluding hydrogens is 224 g/mol. The first kappa shape index (κ1) is 13.9. The molecule has 0 spiro atoms. The Morgan fingerprint density at radius 1 is 1.11 bits per heavy atom. The van der Waals surface area contributed by atoms with E-state index in [1.54, 1.807) is 0 Å². The number of rotatable bonds is 3. The third-order valence-corrected chi connectivity index (χ3v) is 4.92. The summed E-state index contributed by atoms with van der Waals surface area (Å²) >= 11 is 0. The Morgan fingerprint density at radius 3 is 2.39 bits per heavy atom. The molecule has 0 amide bonds. The van der Waals surface area contributed by atoms with Gasteiger partial charge in [0.05, 0.1) is 5.92 Å². The topological polar surface area (TPSA) is 26.3 Å². The molecule has 3 atom stereocenters. The van der Waals surface area contributed by atoms with Gasteiger partial charge in [-0.25, -0.2) is 0 Å². The van der Waals surface area contributed by atoms with Gasteiger partial charge in [-0.2, -0.15) is 0 Å². The fourth-order valence-corrected chi connectivity index (χ4v) is 3.66. The molecule has 0 radical (unpaired) electrons. The van der Waals surface area contributed by atoms with Crippen molar-refractivity contribution in [3.05, 3.63) is 0 Å². The zero-order valence-corrected chi connectivity index (χ0v) is 12.2. The second-order valence-corrected chi connectivity index (χ2v) is 6.78. The molecule has 2 fully saturated rings. The van der Waals surface area contributed by atoms with Crippen molar-refractivity contribution in [1.29, 1.82) is 0 Å². The van der Waals surface area contributed by atoms with Crippen LogP contribution < -0.4 is 0 Å². The molecule has 2 rings (SSSR count). The van der Waals surface area contributed by atoms with Crippen LogP contribution in [-0.2, 0) is 9.53 Å². The summed E-state index contributed by atoms with van der Waals surface area (Å²) < 4.78 is 5.88. The lowest BCUT2D eigenvalue weighted by atomic mass is 9.75. The molecule has 0 aromatic rings. The van der Waals surface area contributed by atoms with E-state index in [1.807, 2.05) is 0 Å². The van der Waals surface area contributed by atoms with Gasteiger partial charge in [0.1, 0.15) is 6.10 Å². The third kappa shape index (κ3) is 3.27. The van der Waals surface area contributed by atoms with Gasteiger partial charge in [-0.1, -0.05) is 40.0 Å². The summed E-state index contributed by atoms with van der Waals surface area (Å²) in [5.41, 5.74) is 0. The van der Waals surface area contributed by atoms with E-state index in [-0.39, 0.29) is 18.0 Å².